The summed E-state index contributed by atoms with van der Waals surface area (Å²) in [6.45, 7) is 8.82. The maximum Gasteiger partial charge on any atom is 0.221 e. The number of amides is 1. The second kappa shape index (κ2) is 9.36. The maximum absolute atomic E-state index is 11.8. The van der Waals surface area contributed by atoms with Crippen LogP contribution < -0.4 is 10.1 Å². The quantitative estimate of drug-likeness (QED) is 0.749. The van der Waals surface area contributed by atoms with E-state index in [0.29, 0.717) is 13.0 Å². The van der Waals surface area contributed by atoms with E-state index >= 15 is 0 Å². The van der Waals surface area contributed by atoms with Crippen LogP contribution in [0.5, 0.6) is 5.75 Å². The van der Waals surface area contributed by atoms with Crippen LogP contribution >= 0.6 is 0 Å². The molecule has 1 amide bonds. The molecule has 1 atom stereocenters. The normalized spacial score (nSPS) is 17.7. The summed E-state index contributed by atoms with van der Waals surface area (Å²) in [6.07, 6.45) is 5.82. The van der Waals surface area contributed by atoms with Crippen LogP contribution in [0, 0.1) is 0 Å². The monoisotopic (exact) mass is 316 g/mol. The van der Waals surface area contributed by atoms with Crippen molar-refractivity contribution in [1.82, 2.24) is 10.2 Å². The molecule has 0 radical (unpaired) electrons. The minimum absolute atomic E-state index is 0.0773. The molecule has 2 rings (SSSR count). The van der Waals surface area contributed by atoms with Gasteiger partial charge in [-0.1, -0.05) is 37.6 Å². The predicted molar refractivity (Wildman–Crippen MR) is 93.5 cm³/mol. The lowest BCUT2D eigenvalue weighted by Crippen LogP contribution is -2.36. The number of fused-ring (bicyclic) bond motifs is 1. The van der Waals surface area contributed by atoms with Crippen LogP contribution in [0.2, 0.25) is 0 Å². The molecular formula is C19H28N2O2. The second-order valence-corrected chi connectivity index (χ2v) is 6.07. The molecule has 1 N–H and O–H groups in total. The lowest BCUT2D eigenvalue weighted by atomic mass is 10.1. The first-order valence-corrected chi connectivity index (χ1v) is 8.57. The van der Waals surface area contributed by atoms with Crippen molar-refractivity contribution in [2.75, 3.05) is 19.6 Å². The van der Waals surface area contributed by atoms with E-state index in [4.69, 9.17) is 4.74 Å². The number of nitrogens with zero attached hydrogens (tertiary/aromatic N) is 1. The van der Waals surface area contributed by atoms with Gasteiger partial charge in [-0.2, -0.15) is 0 Å². The molecule has 23 heavy (non-hydrogen) atoms. The van der Waals surface area contributed by atoms with Gasteiger partial charge in [-0.3, -0.25) is 9.69 Å². The number of rotatable bonds is 8. The van der Waals surface area contributed by atoms with Gasteiger partial charge in [0.05, 0.1) is 0 Å². The van der Waals surface area contributed by atoms with Gasteiger partial charge in [0.15, 0.2) is 0 Å². The third kappa shape index (κ3) is 5.71. The maximum atomic E-state index is 11.8. The van der Waals surface area contributed by atoms with Crippen LogP contribution in [0.15, 0.2) is 36.9 Å². The number of carbonyl (C=O) groups is 1. The van der Waals surface area contributed by atoms with Crippen molar-refractivity contribution in [1.29, 1.82) is 0 Å². The van der Waals surface area contributed by atoms with Crippen LogP contribution in [0.3, 0.4) is 0 Å². The molecule has 4 heteroatoms. The van der Waals surface area contributed by atoms with Gasteiger partial charge in [-0.25, -0.2) is 0 Å². The number of para-hydroxylation sites is 1. The Morgan fingerprint density at radius 3 is 3.09 bits per heavy atom. The number of hydrogen-bond acceptors (Lipinski definition) is 3. The zero-order chi connectivity index (χ0) is 16.5. The number of benzene rings is 1. The molecule has 0 aromatic heterocycles. The number of hydrogen-bond donors (Lipinski definition) is 1. The van der Waals surface area contributed by atoms with Gasteiger partial charge >= 0.3 is 0 Å². The van der Waals surface area contributed by atoms with Crippen LogP contribution in [-0.2, 0) is 11.3 Å². The first kappa shape index (κ1) is 17.5. The minimum atomic E-state index is 0.0773. The largest absolute Gasteiger partial charge is 0.489 e. The average Bonchev–Trinajstić information content (AvgIpc) is 2.74. The number of unbranched alkanes of at least 4 members (excludes halogenated alkanes) is 1. The van der Waals surface area contributed by atoms with Gasteiger partial charge in [-0.05, 0) is 18.9 Å². The number of carbonyl (C=O) groups excluding carboxylic acids is 1. The summed E-state index contributed by atoms with van der Waals surface area (Å²) in [5.41, 5.74) is 1.21. The van der Waals surface area contributed by atoms with E-state index in [0.717, 1.165) is 31.8 Å². The predicted octanol–water partition coefficient (Wildman–Crippen LogP) is 3.13. The van der Waals surface area contributed by atoms with E-state index in [9.17, 15) is 4.79 Å². The highest BCUT2D eigenvalue weighted by atomic mass is 16.5. The van der Waals surface area contributed by atoms with Crippen molar-refractivity contribution < 1.29 is 9.53 Å². The molecule has 1 heterocycles. The molecule has 4 nitrogen and oxygen atoms in total. The zero-order valence-electron chi connectivity index (χ0n) is 14.1. The molecule has 0 aliphatic carbocycles. The molecule has 0 fully saturated rings. The van der Waals surface area contributed by atoms with Gasteiger partial charge in [0.1, 0.15) is 11.9 Å². The highest BCUT2D eigenvalue weighted by molar-refractivity contribution is 5.76. The third-order valence-corrected chi connectivity index (χ3v) is 4.10. The van der Waals surface area contributed by atoms with Crippen molar-refractivity contribution in [2.45, 2.75) is 45.3 Å². The molecule has 0 saturated carbocycles. The van der Waals surface area contributed by atoms with E-state index in [1.807, 2.05) is 12.1 Å². The fraction of sp³-hybridized carbons (Fsp3) is 0.526. The van der Waals surface area contributed by atoms with E-state index in [1.165, 1.54) is 18.4 Å². The summed E-state index contributed by atoms with van der Waals surface area (Å²) < 4.78 is 6.21. The van der Waals surface area contributed by atoms with Gasteiger partial charge < -0.3 is 10.1 Å². The number of ether oxygens (including phenoxy) is 1. The van der Waals surface area contributed by atoms with Crippen molar-refractivity contribution in [3.63, 3.8) is 0 Å². The van der Waals surface area contributed by atoms with Crippen molar-refractivity contribution >= 4 is 5.91 Å². The summed E-state index contributed by atoms with van der Waals surface area (Å²) in [5, 5.41) is 2.84. The molecule has 0 bridgehead atoms. The molecule has 1 aromatic rings. The van der Waals surface area contributed by atoms with Crippen molar-refractivity contribution in [2.24, 2.45) is 0 Å². The van der Waals surface area contributed by atoms with E-state index < -0.39 is 0 Å². The summed E-state index contributed by atoms with van der Waals surface area (Å²) in [4.78, 5) is 14.1. The molecule has 1 aromatic carbocycles. The summed E-state index contributed by atoms with van der Waals surface area (Å²) in [5.74, 6) is 1.07. The molecule has 1 aliphatic rings. The molecule has 126 valence electrons. The fourth-order valence-electron chi connectivity index (χ4n) is 2.85. The smallest absolute Gasteiger partial charge is 0.221 e. The molecule has 0 saturated heterocycles. The Balaban J connectivity index is 1.97. The Kier molecular flexibility index (Phi) is 7.14. The fourth-order valence-corrected chi connectivity index (χ4v) is 2.85. The highest BCUT2D eigenvalue weighted by Crippen LogP contribution is 2.26. The number of nitrogens with one attached hydrogen (secondary N) is 1. The van der Waals surface area contributed by atoms with Crippen molar-refractivity contribution in [3.8, 4) is 5.75 Å². The van der Waals surface area contributed by atoms with Crippen LogP contribution in [-0.4, -0.2) is 36.5 Å². The Morgan fingerprint density at radius 1 is 1.48 bits per heavy atom. The zero-order valence-corrected chi connectivity index (χ0v) is 14.1. The highest BCUT2D eigenvalue weighted by Gasteiger charge is 2.22. The van der Waals surface area contributed by atoms with Gasteiger partial charge in [0.25, 0.3) is 0 Å². The second-order valence-electron chi connectivity index (χ2n) is 6.07. The Labute approximate surface area is 139 Å². The molecular weight excluding hydrogens is 288 g/mol. The van der Waals surface area contributed by atoms with Crippen LogP contribution in [0.1, 0.15) is 38.2 Å². The van der Waals surface area contributed by atoms with Crippen molar-refractivity contribution in [3.05, 3.63) is 42.5 Å². The van der Waals surface area contributed by atoms with Gasteiger partial charge in [0.2, 0.25) is 5.91 Å². The first-order valence-electron chi connectivity index (χ1n) is 8.57. The standard InChI is InChI=1S/C19H28N2O2/c1-3-5-9-17-15-21(13-11-19(22)20-12-4-2)14-16-8-6-7-10-18(16)23-17/h4,6-8,10,17H,2-3,5,9,11-15H2,1H3,(H,20,22)/t17-/m0/s1. The lowest BCUT2D eigenvalue weighted by molar-refractivity contribution is -0.121. The third-order valence-electron chi connectivity index (χ3n) is 4.10. The first-order chi connectivity index (χ1) is 11.2. The lowest BCUT2D eigenvalue weighted by Gasteiger charge is -2.23. The molecule has 0 unspecified atom stereocenters. The van der Waals surface area contributed by atoms with E-state index in [2.05, 4.69) is 35.9 Å². The molecule has 0 spiro atoms. The van der Waals surface area contributed by atoms with Crippen LogP contribution in [0.25, 0.3) is 0 Å². The van der Waals surface area contributed by atoms with E-state index in [1.54, 1.807) is 6.08 Å². The minimum Gasteiger partial charge on any atom is -0.489 e. The molecule has 1 aliphatic heterocycles. The summed E-state index contributed by atoms with van der Waals surface area (Å²) in [7, 11) is 0. The van der Waals surface area contributed by atoms with Gasteiger partial charge in [0, 0.05) is 38.2 Å². The Bertz CT molecular complexity index is 516. The van der Waals surface area contributed by atoms with Crippen LogP contribution in [0.4, 0.5) is 0 Å². The van der Waals surface area contributed by atoms with Gasteiger partial charge in [-0.15, -0.1) is 6.58 Å². The Morgan fingerprint density at radius 2 is 2.30 bits per heavy atom. The Hall–Kier alpha value is -1.81. The summed E-state index contributed by atoms with van der Waals surface area (Å²) in [6, 6.07) is 8.23. The topological polar surface area (TPSA) is 41.6 Å². The van der Waals surface area contributed by atoms with E-state index in [-0.39, 0.29) is 12.0 Å². The average molecular weight is 316 g/mol. The SMILES string of the molecule is C=CCNC(=O)CCN1Cc2ccccc2O[C@@H](CCCC)C1. The summed E-state index contributed by atoms with van der Waals surface area (Å²) >= 11 is 0.